The molecule has 0 saturated carbocycles. The molecule has 2 aromatic carbocycles. The van der Waals surface area contributed by atoms with Crippen molar-refractivity contribution < 1.29 is 18.3 Å². The van der Waals surface area contributed by atoms with Crippen molar-refractivity contribution in [3.63, 3.8) is 0 Å². The van der Waals surface area contributed by atoms with Gasteiger partial charge >= 0.3 is 6.61 Å². The van der Waals surface area contributed by atoms with E-state index in [4.69, 9.17) is 9.47 Å². The fourth-order valence-corrected chi connectivity index (χ4v) is 3.17. The van der Waals surface area contributed by atoms with Crippen molar-refractivity contribution in [2.45, 2.75) is 33.5 Å². The number of ether oxygens (including phenoxy) is 2. The molecule has 3 rings (SSSR count). The Kier molecular flexibility index (Phi) is 10.4. The lowest BCUT2D eigenvalue weighted by Gasteiger charge is -2.15. The number of fused-ring (bicyclic) bond motifs is 1. The number of guanidine groups is 1. The number of hydrogen-bond acceptors (Lipinski definition) is 4. The first kappa shape index (κ1) is 25.6. The van der Waals surface area contributed by atoms with Gasteiger partial charge in [-0.15, -0.1) is 24.0 Å². The number of nitrogens with one attached hydrogen (secondary N) is 2. The van der Waals surface area contributed by atoms with E-state index < -0.39 is 6.61 Å². The normalized spacial score (nSPS) is 11.2. The molecule has 6 nitrogen and oxygen atoms in total. The molecule has 1 aromatic heterocycles. The van der Waals surface area contributed by atoms with E-state index in [9.17, 15) is 8.78 Å². The van der Waals surface area contributed by atoms with Crippen LogP contribution in [0, 0.1) is 0 Å². The molecule has 0 aliphatic heterocycles. The van der Waals surface area contributed by atoms with E-state index in [0.717, 1.165) is 16.5 Å². The van der Waals surface area contributed by atoms with Gasteiger partial charge in [0.15, 0.2) is 17.5 Å². The number of para-hydroxylation sites is 1. The van der Waals surface area contributed by atoms with Crippen LogP contribution in [0.1, 0.15) is 25.1 Å². The molecule has 0 radical (unpaired) electrons. The predicted molar refractivity (Wildman–Crippen MR) is 133 cm³/mol. The highest BCUT2D eigenvalue weighted by Crippen LogP contribution is 2.33. The maximum Gasteiger partial charge on any atom is 0.387 e. The third kappa shape index (κ3) is 6.91. The van der Waals surface area contributed by atoms with Gasteiger partial charge in [0.2, 0.25) is 0 Å². The summed E-state index contributed by atoms with van der Waals surface area (Å²) in [6, 6.07) is 15.0. The average molecular weight is 556 g/mol. The third-order valence-electron chi connectivity index (χ3n) is 4.50. The van der Waals surface area contributed by atoms with Gasteiger partial charge in [-0.05, 0) is 31.4 Å². The number of halogens is 3. The van der Waals surface area contributed by atoms with Crippen molar-refractivity contribution in [2.75, 3.05) is 13.2 Å². The zero-order valence-electron chi connectivity index (χ0n) is 18.0. The molecule has 0 saturated heterocycles. The highest BCUT2D eigenvalue weighted by atomic mass is 127. The fourth-order valence-electron chi connectivity index (χ4n) is 3.17. The van der Waals surface area contributed by atoms with Crippen LogP contribution in [-0.4, -0.2) is 30.7 Å². The third-order valence-corrected chi connectivity index (χ3v) is 4.50. The smallest absolute Gasteiger partial charge is 0.387 e. The fraction of sp³-hybridized carbons (Fsp3) is 0.304. The predicted octanol–water partition coefficient (Wildman–Crippen LogP) is 5.11. The highest BCUT2D eigenvalue weighted by molar-refractivity contribution is 14.0. The number of rotatable bonds is 9. The van der Waals surface area contributed by atoms with Crippen LogP contribution in [0.25, 0.3) is 10.8 Å². The first-order valence-corrected chi connectivity index (χ1v) is 10.2. The summed E-state index contributed by atoms with van der Waals surface area (Å²) in [5.41, 5.74) is 1.40. The molecular formula is C23H27F2IN4O2. The summed E-state index contributed by atoms with van der Waals surface area (Å²) in [4.78, 5) is 9.01. The molecule has 0 aliphatic carbocycles. The Morgan fingerprint density at radius 3 is 2.62 bits per heavy atom. The van der Waals surface area contributed by atoms with E-state index >= 15 is 0 Å². The van der Waals surface area contributed by atoms with E-state index in [1.165, 1.54) is 0 Å². The number of nitrogens with zero attached hydrogens (tertiary/aromatic N) is 2. The monoisotopic (exact) mass is 556 g/mol. The molecule has 0 spiro atoms. The minimum atomic E-state index is -2.95. The number of hydrogen-bond donors (Lipinski definition) is 2. The van der Waals surface area contributed by atoms with Crippen LogP contribution in [0.3, 0.4) is 0 Å². The minimum Gasteiger partial charge on any atom is -0.490 e. The van der Waals surface area contributed by atoms with Crippen LogP contribution in [0.5, 0.6) is 11.5 Å². The number of benzene rings is 2. The van der Waals surface area contributed by atoms with Crippen LogP contribution in [0.15, 0.2) is 59.7 Å². The van der Waals surface area contributed by atoms with Gasteiger partial charge in [0.05, 0.1) is 25.4 Å². The molecular weight excluding hydrogens is 529 g/mol. The van der Waals surface area contributed by atoms with Crippen molar-refractivity contribution in [3.05, 3.63) is 66.0 Å². The quantitative estimate of drug-likeness (QED) is 0.218. The molecule has 0 atom stereocenters. The van der Waals surface area contributed by atoms with Gasteiger partial charge in [-0.25, -0.2) is 4.99 Å². The van der Waals surface area contributed by atoms with Crippen molar-refractivity contribution >= 4 is 40.7 Å². The Hall–Kier alpha value is -2.69. The maximum atomic E-state index is 12.9. The van der Waals surface area contributed by atoms with Gasteiger partial charge < -0.3 is 20.1 Å². The second-order valence-corrected chi connectivity index (χ2v) is 6.58. The Morgan fingerprint density at radius 1 is 1.06 bits per heavy atom. The number of aromatic nitrogens is 1. The molecule has 0 amide bonds. The van der Waals surface area contributed by atoms with Crippen LogP contribution in [0.2, 0.25) is 0 Å². The van der Waals surface area contributed by atoms with E-state index in [2.05, 4.69) is 20.6 Å². The van der Waals surface area contributed by atoms with Crippen molar-refractivity contribution in [2.24, 2.45) is 4.99 Å². The largest absolute Gasteiger partial charge is 0.490 e. The standard InChI is InChI=1S/C23H26F2N4O2.HI/c1-3-26-23(29-15-19-18-10-6-5-8-16(18)12-13-27-19)28-14-17-9-7-11-20(30-4-2)21(17)31-22(24)25;/h5-13,22H,3-4,14-15H2,1-2H3,(H2,26,28,29);1H. The summed E-state index contributed by atoms with van der Waals surface area (Å²) in [6.45, 7) is 2.38. The molecule has 0 aliphatic rings. The second kappa shape index (κ2) is 13.0. The molecule has 32 heavy (non-hydrogen) atoms. The van der Waals surface area contributed by atoms with Gasteiger partial charge in [0, 0.05) is 23.7 Å². The Bertz CT molecular complexity index is 1030. The van der Waals surface area contributed by atoms with E-state index in [1.54, 1.807) is 31.3 Å². The summed E-state index contributed by atoms with van der Waals surface area (Å²) in [5.74, 6) is 0.824. The van der Waals surface area contributed by atoms with E-state index in [1.807, 2.05) is 37.3 Å². The maximum absolute atomic E-state index is 12.9. The summed E-state index contributed by atoms with van der Waals surface area (Å²) in [7, 11) is 0. The number of pyridine rings is 1. The van der Waals surface area contributed by atoms with Crippen LogP contribution in [0.4, 0.5) is 8.78 Å². The van der Waals surface area contributed by atoms with Crippen LogP contribution < -0.4 is 20.1 Å². The topological polar surface area (TPSA) is 67.8 Å². The zero-order valence-corrected chi connectivity index (χ0v) is 20.3. The van der Waals surface area contributed by atoms with Gasteiger partial charge in [0.25, 0.3) is 0 Å². The molecule has 1 heterocycles. The minimum absolute atomic E-state index is 0. The summed E-state index contributed by atoms with van der Waals surface area (Å²) >= 11 is 0. The van der Waals surface area contributed by atoms with Gasteiger partial charge in [0.1, 0.15) is 0 Å². The molecule has 3 aromatic rings. The molecule has 0 unspecified atom stereocenters. The SMILES string of the molecule is CCNC(=NCc1cccc(OCC)c1OC(F)F)NCc1nccc2ccccc12.I. The summed E-state index contributed by atoms with van der Waals surface area (Å²) < 4.78 is 36.0. The molecule has 172 valence electrons. The summed E-state index contributed by atoms with van der Waals surface area (Å²) in [6.07, 6.45) is 1.77. The summed E-state index contributed by atoms with van der Waals surface area (Å²) in [5, 5.41) is 8.59. The Labute approximate surface area is 203 Å². The first-order valence-electron chi connectivity index (χ1n) is 10.2. The van der Waals surface area contributed by atoms with Gasteiger partial charge in [-0.1, -0.05) is 36.4 Å². The Morgan fingerprint density at radius 2 is 1.88 bits per heavy atom. The molecule has 9 heteroatoms. The lowest BCUT2D eigenvalue weighted by Crippen LogP contribution is -2.37. The van der Waals surface area contributed by atoms with Crippen molar-refractivity contribution in [1.29, 1.82) is 0 Å². The molecule has 0 fully saturated rings. The van der Waals surface area contributed by atoms with Gasteiger partial charge in [-0.3, -0.25) is 4.98 Å². The van der Waals surface area contributed by atoms with Crippen LogP contribution in [-0.2, 0) is 13.1 Å². The van der Waals surface area contributed by atoms with E-state index in [-0.39, 0.29) is 42.0 Å². The number of aliphatic imine (C=N–C) groups is 1. The number of alkyl halides is 2. The molecule has 0 bridgehead atoms. The van der Waals surface area contributed by atoms with Gasteiger partial charge in [-0.2, -0.15) is 8.78 Å². The van der Waals surface area contributed by atoms with Crippen molar-refractivity contribution in [1.82, 2.24) is 15.6 Å². The lowest BCUT2D eigenvalue weighted by atomic mass is 10.1. The highest BCUT2D eigenvalue weighted by Gasteiger charge is 2.15. The first-order chi connectivity index (χ1) is 15.1. The average Bonchev–Trinajstić information content (AvgIpc) is 2.77. The lowest BCUT2D eigenvalue weighted by molar-refractivity contribution is -0.0520. The van der Waals surface area contributed by atoms with Crippen molar-refractivity contribution in [3.8, 4) is 11.5 Å². The zero-order chi connectivity index (χ0) is 22.1. The Balaban J connectivity index is 0.00000363. The van der Waals surface area contributed by atoms with Crippen LogP contribution >= 0.6 is 24.0 Å². The second-order valence-electron chi connectivity index (χ2n) is 6.58. The molecule has 2 N–H and O–H groups in total. The van der Waals surface area contributed by atoms with E-state index in [0.29, 0.717) is 31.2 Å².